The van der Waals surface area contributed by atoms with Crippen LogP contribution in [0.5, 0.6) is 11.5 Å². The number of rotatable bonds is 9. The predicted molar refractivity (Wildman–Crippen MR) is 142 cm³/mol. The Bertz CT molecular complexity index is 1470. The summed E-state index contributed by atoms with van der Waals surface area (Å²) in [4.78, 5) is 18.5. The number of aryl methyl sites for hydroxylation is 1. The second kappa shape index (κ2) is 9.97. The Balaban J connectivity index is 1.56. The Kier molecular flexibility index (Phi) is 6.72. The van der Waals surface area contributed by atoms with Gasteiger partial charge in [-0.3, -0.25) is 9.69 Å². The van der Waals surface area contributed by atoms with Crippen LogP contribution in [0.1, 0.15) is 69.1 Å². The van der Waals surface area contributed by atoms with Crippen LogP contribution < -0.4 is 15.0 Å². The molecule has 0 bridgehead atoms. The van der Waals surface area contributed by atoms with Crippen molar-refractivity contribution in [1.82, 2.24) is 30.1 Å². The van der Waals surface area contributed by atoms with Gasteiger partial charge in [0.2, 0.25) is 6.79 Å². The maximum absolute atomic E-state index is 13.2. The monoisotopic (exact) mass is 502 g/mol. The van der Waals surface area contributed by atoms with E-state index >= 15 is 0 Å². The minimum atomic E-state index is -0.241. The lowest BCUT2D eigenvalue weighted by Gasteiger charge is -2.33. The van der Waals surface area contributed by atoms with E-state index in [0.717, 1.165) is 52.2 Å². The average molecular weight is 503 g/mol. The summed E-state index contributed by atoms with van der Waals surface area (Å²) in [5, 5.41) is 13.9. The molecule has 4 aromatic rings. The number of fused-ring (bicyclic) bond motifs is 2. The van der Waals surface area contributed by atoms with Crippen molar-refractivity contribution in [2.45, 2.75) is 72.1 Å². The van der Waals surface area contributed by atoms with Crippen molar-refractivity contribution in [1.29, 1.82) is 0 Å². The fraction of sp³-hybridized carbons (Fsp3) is 0.429. The van der Waals surface area contributed by atoms with E-state index < -0.39 is 0 Å². The number of nitrogens with one attached hydrogen (secondary N) is 1. The van der Waals surface area contributed by atoms with Crippen LogP contribution in [0.2, 0.25) is 0 Å². The Labute approximate surface area is 216 Å². The first-order valence-electron chi connectivity index (χ1n) is 12.8. The van der Waals surface area contributed by atoms with Crippen LogP contribution in [0.4, 0.5) is 0 Å². The molecule has 0 aliphatic carbocycles. The summed E-state index contributed by atoms with van der Waals surface area (Å²) in [6, 6.07) is 13.9. The van der Waals surface area contributed by atoms with E-state index in [1.165, 1.54) is 0 Å². The molecule has 0 saturated heterocycles. The number of H-pyrrole nitrogens is 1. The summed E-state index contributed by atoms with van der Waals surface area (Å²) in [5.74, 6) is 2.28. The second-order valence-electron chi connectivity index (χ2n) is 10.3. The number of benzene rings is 2. The molecule has 2 aromatic carbocycles. The minimum Gasteiger partial charge on any atom is -0.454 e. The van der Waals surface area contributed by atoms with E-state index in [2.05, 4.69) is 66.1 Å². The Morgan fingerprint density at radius 2 is 1.89 bits per heavy atom. The van der Waals surface area contributed by atoms with E-state index in [4.69, 9.17) is 9.47 Å². The van der Waals surface area contributed by atoms with Crippen molar-refractivity contribution in [2.75, 3.05) is 6.79 Å². The lowest BCUT2D eigenvalue weighted by Crippen LogP contribution is -2.36. The molecule has 37 heavy (non-hydrogen) atoms. The van der Waals surface area contributed by atoms with Gasteiger partial charge in [-0.05, 0) is 85.3 Å². The number of hydrogen-bond acceptors (Lipinski definition) is 7. The highest BCUT2D eigenvalue weighted by Crippen LogP contribution is 2.35. The van der Waals surface area contributed by atoms with Crippen molar-refractivity contribution in [3.05, 3.63) is 75.3 Å². The van der Waals surface area contributed by atoms with Crippen LogP contribution in [-0.2, 0) is 18.6 Å². The van der Waals surface area contributed by atoms with Crippen LogP contribution in [0.15, 0.2) is 47.3 Å². The molecule has 1 aliphatic heterocycles. The van der Waals surface area contributed by atoms with Gasteiger partial charge in [-0.1, -0.05) is 31.5 Å². The number of tetrazole rings is 1. The summed E-state index contributed by atoms with van der Waals surface area (Å²) >= 11 is 0. The lowest BCUT2D eigenvalue weighted by atomic mass is 10.0. The van der Waals surface area contributed by atoms with Gasteiger partial charge in [0.25, 0.3) is 5.56 Å². The van der Waals surface area contributed by atoms with Gasteiger partial charge in [-0.15, -0.1) is 5.10 Å². The van der Waals surface area contributed by atoms with Crippen molar-refractivity contribution >= 4 is 10.9 Å². The molecule has 1 aliphatic rings. The number of hydrogen-bond donors (Lipinski definition) is 1. The van der Waals surface area contributed by atoms with Crippen LogP contribution >= 0.6 is 0 Å². The number of aromatic nitrogens is 5. The number of aromatic amines is 1. The molecule has 0 fully saturated rings. The smallest absolute Gasteiger partial charge is 0.252 e. The molecule has 2 aromatic heterocycles. The van der Waals surface area contributed by atoms with Crippen molar-refractivity contribution in [2.24, 2.45) is 0 Å². The van der Waals surface area contributed by atoms with E-state index in [-0.39, 0.29) is 23.9 Å². The second-order valence-corrected chi connectivity index (χ2v) is 10.3. The fourth-order valence-corrected chi connectivity index (χ4v) is 4.84. The highest BCUT2D eigenvalue weighted by Gasteiger charge is 2.31. The first-order chi connectivity index (χ1) is 17.8. The SMILES string of the molecule is CC[C@@H](c1nnnn1C(C)(C)CC)N(Cc1ccc2c(c1)OCO2)Cc1cc2cc(C)ccc2[nH]c1=O. The average Bonchev–Trinajstić information content (AvgIpc) is 3.55. The quantitative estimate of drug-likeness (QED) is 0.349. The zero-order chi connectivity index (χ0) is 26.2. The Morgan fingerprint density at radius 3 is 2.68 bits per heavy atom. The van der Waals surface area contributed by atoms with E-state index in [0.29, 0.717) is 18.7 Å². The van der Waals surface area contributed by atoms with Crippen LogP contribution in [0.25, 0.3) is 10.9 Å². The minimum absolute atomic E-state index is 0.0876. The molecule has 0 spiro atoms. The maximum Gasteiger partial charge on any atom is 0.252 e. The van der Waals surface area contributed by atoms with Gasteiger partial charge in [0.1, 0.15) is 0 Å². The van der Waals surface area contributed by atoms with Gasteiger partial charge < -0.3 is 14.5 Å². The van der Waals surface area contributed by atoms with Crippen molar-refractivity contribution in [3.8, 4) is 11.5 Å². The highest BCUT2D eigenvalue weighted by atomic mass is 16.7. The molecule has 0 saturated carbocycles. The lowest BCUT2D eigenvalue weighted by molar-refractivity contribution is 0.150. The molecule has 0 unspecified atom stereocenters. The van der Waals surface area contributed by atoms with Crippen molar-refractivity contribution < 1.29 is 9.47 Å². The number of ether oxygens (including phenoxy) is 2. The summed E-state index contributed by atoms with van der Waals surface area (Å²) < 4.78 is 13.1. The first kappa shape index (κ1) is 25.0. The van der Waals surface area contributed by atoms with Gasteiger partial charge >= 0.3 is 0 Å². The van der Waals surface area contributed by atoms with Crippen LogP contribution in [-0.4, -0.2) is 36.9 Å². The van der Waals surface area contributed by atoms with Crippen LogP contribution in [0.3, 0.4) is 0 Å². The molecule has 3 heterocycles. The molecule has 1 atom stereocenters. The third kappa shape index (κ3) is 4.96. The normalized spacial score (nSPS) is 14.0. The standard InChI is InChI=1S/C28H34N6O3/c1-6-23(26-30-31-32-34(26)28(4,5)7-2)33(15-19-9-11-24-25(13-19)37-17-36-24)16-21-14-20-12-18(3)8-10-22(20)29-27(21)35/h8-14,23H,6-7,15-17H2,1-5H3,(H,29,35)/t23-/m0/s1. The third-order valence-electron chi connectivity index (χ3n) is 7.33. The molecular weight excluding hydrogens is 468 g/mol. The Hall–Kier alpha value is -3.72. The van der Waals surface area contributed by atoms with Gasteiger partial charge in [-0.25, -0.2) is 4.68 Å². The topological polar surface area (TPSA) is 98.2 Å². The van der Waals surface area contributed by atoms with E-state index in [1.807, 2.05) is 41.1 Å². The summed E-state index contributed by atoms with van der Waals surface area (Å²) in [6.07, 6.45) is 1.66. The summed E-state index contributed by atoms with van der Waals surface area (Å²) in [7, 11) is 0. The van der Waals surface area contributed by atoms with E-state index in [9.17, 15) is 4.79 Å². The number of nitrogens with zero attached hydrogens (tertiary/aromatic N) is 5. The van der Waals surface area contributed by atoms with Crippen molar-refractivity contribution in [3.63, 3.8) is 0 Å². The molecule has 9 heteroatoms. The van der Waals surface area contributed by atoms with Gasteiger partial charge in [0, 0.05) is 24.2 Å². The zero-order valence-corrected chi connectivity index (χ0v) is 22.1. The molecular formula is C28H34N6O3. The van der Waals surface area contributed by atoms with Gasteiger partial charge in [0.05, 0.1) is 11.6 Å². The third-order valence-corrected chi connectivity index (χ3v) is 7.33. The molecule has 1 N–H and O–H groups in total. The molecule has 5 rings (SSSR count). The zero-order valence-electron chi connectivity index (χ0n) is 22.1. The fourth-order valence-electron chi connectivity index (χ4n) is 4.84. The summed E-state index contributed by atoms with van der Waals surface area (Å²) in [6.45, 7) is 11.8. The Morgan fingerprint density at radius 1 is 1.08 bits per heavy atom. The largest absolute Gasteiger partial charge is 0.454 e. The highest BCUT2D eigenvalue weighted by molar-refractivity contribution is 5.79. The van der Waals surface area contributed by atoms with Gasteiger partial charge in [-0.2, -0.15) is 0 Å². The molecule has 194 valence electrons. The molecule has 9 nitrogen and oxygen atoms in total. The van der Waals surface area contributed by atoms with E-state index in [1.54, 1.807) is 0 Å². The maximum atomic E-state index is 13.2. The summed E-state index contributed by atoms with van der Waals surface area (Å²) in [5.41, 5.74) is 3.41. The van der Waals surface area contributed by atoms with Crippen LogP contribution in [0, 0.1) is 6.92 Å². The molecule has 0 amide bonds. The van der Waals surface area contributed by atoms with Gasteiger partial charge in [0.15, 0.2) is 17.3 Å². The molecule has 0 radical (unpaired) electrons. The predicted octanol–water partition coefficient (Wildman–Crippen LogP) is 4.85. The number of pyridine rings is 1. The first-order valence-corrected chi connectivity index (χ1v) is 12.8.